The lowest BCUT2D eigenvalue weighted by Crippen LogP contribution is -2.57. The minimum absolute atomic E-state index is 0.322. The van der Waals surface area contributed by atoms with Gasteiger partial charge in [-0.1, -0.05) is 12.5 Å². The van der Waals surface area contributed by atoms with E-state index in [0.717, 1.165) is 32.2 Å². The molecule has 1 rings (SSSR count). The number of amides is 1. The van der Waals surface area contributed by atoms with Crippen LogP contribution < -0.4 is 5.32 Å². The summed E-state index contributed by atoms with van der Waals surface area (Å²) >= 11 is 0. The summed E-state index contributed by atoms with van der Waals surface area (Å²) in [7, 11) is 0. The smallest absolute Gasteiger partial charge is 0.408 e. The molecule has 0 aliphatic carbocycles. The van der Waals surface area contributed by atoms with E-state index in [4.69, 9.17) is 4.74 Å². The van der Waals surface area contributed by atoms with Gasteiger partial charge in [0.25, 0.3) is 0 Å². The van der Waals surface area contributed by atoms with Crippen LogP contribution in [-0.2, 0) is 9.53 Å². The van der Waals surface area contributed by atoms with E-state index in [-0.39, 0.29) is 0 Å². The van der Waals surface area contributed by atoms with E-state index in [1.165, 1.54) is 0 Å². The topological polar surface area (TPSA) is 78.9 Å². The summed E-state index contributed by atoms with van der Waals surface area (Å²) in [4.78, 5) is 25.7. The molecule has 1 atom stereocenters. The zero-order valence-corrected chi connectivity index (χ0v) is 14.6. The maximum Gasteiger partial charge on any atom is 0.408 e. The van der Waals surface area contributed by atoms with Crippen LogP contribution in [0.1, 0.15) is 52.9 Å². The Morgan fingerprint density at radius 3 is 2.61 bits per heavy atom. The number of unbranched alkanes of at least 4 members (excludes halogenated alkanes) is 3. The predicted octanol–water partition coefficient (Wildman–Crippen LogP) is 2.79. The highest BCUT2D eigenvalue weighted by molar-refractivity contribution is 5.85. The molecule has 1 fully saturated rings. The molecular weight excluding hydrogens is 296 g/mol. The summed E-state index contributed by atoms with van der Waals surface area (Å²) in [5, 5.41) is 12.1. The molecule has 1 aliphatic rings. The van der Waals surface area contributed by atoms with Gasteiger partial charge in [0.05, 0.1) is 0 Å². The number of carboxylic acid groups (broad SMARTS) is 1. The fourth-order valence-electron chi connectivity index (χ4n) is 2.71. The second-order valence-corrected chi connectivity index (χ2v) is 7.18. The summed E-state index contributed by atoms with van der Waals surface area (Å²) in [5.74, 6) is -1.00. The molecule has 1 saturated heterocycles. The third kappa shape index (κ3) is 6.60. The first-order valence-corrected chi connectivity index (χ1v) is 8.26. The highest BCUT2D eigenvalue weighted by atomic mass is 16.6. The molecule has 0 aromatic heterocycles. The Morgan fingerprint density at radius 2 is 2.04 bits per heavy atom. The standard InChI is InChI=1S/C17H30N2O4/c1-5-6-7-8-9-11-19-12-10-17(13-19,14(20)21)18-15(22)23-16(2,3)4/h5H,1,6-13H2,2-4H3,(H,18,22)(H,20,21). The van der Waals surface area contributed by atoms with E-state index >= 15 is 0 Å². The van der Waals surface area contributed by atoms with Gasteiger partial charge >= 0.3 is 12.1 Å². The number of carbonyl (C=O) groups is 2. The number of hydrogen-bond acceptors (Lipinski definition) is 4. The third-order valence-electron chi connectivity index (χ3n) is 3.88. The summed E-state index contributed by atoms with van der Waals surface area (Å²) in [6.07, 6.45) is 5.88. The zero-order chi connectivity index (χ0) is 17.5. The van der Waals surface area contributed by atoms with Crippen molar-refractivity contribution in [2.24, 2.45) is 0 Å². The van der Waals surface area contributed by atoms with Gasteiger partial charge in [0, 0.05) is 13.1 Å². The molecule has 132 valence electrons. The number of nitrogens with one attached hydrogen (secondary N) is 1. The molecule has 0 aromatic rings. The van der Waals surface area contributed by atoms with Crippen molar-refractivity contribution in [3.63, 3.8) is 0 Å². The van der Waals surface area contributed by atoms with Crippen molar-refractivity contribution in [3.8, 4) is 0 Å². The number of likely N-dealkylation sites (tertiary alicyclic amines) is 1. The number of hydrogen-bond donors (Lipinski definition) is 2. The first kappa shape index (κ1) is 19.5. The van der Waals surface area contributed by atoms with Crippen LogP contribution in [0.15, 0.2) is 12.7 Å². The highest BCUT2D eigenvalue weighted by Crippen LogP contribution is 2.23. The second-order valence-electron chi connectivity index (χ2n) is 7.18. The molecule has 1 aliphatic heterocycles. The monoisotopic (exact) mass is 326 g/mol. The summed E-state index contributed by atoms with van der Waals surface area (Å²) < 4.78 is 5.19. The van der Waals surface area contributed by atoms with E-state index in [1.807, 2.05) is 6.08 Å². The average molecular weight is 326 g/mol. The van der Waals surface area contributed by atoms with E-state index in [2.05, 4.69) is 16.8 Å². The number of carboxylic acids is 1. The van der Waals surface area contributed by atoms with Crippen LogP contribution in [-0.4, -0.2) is 52.8 Å². The number of ether oxygens (including phenoxy) is 1. The molecular formula is C17H30N2O4. The largest absolute Gasteiger partial charge is 0.479 e. The summed E-state index contributed by atoms with van der Waals surface area (Å²) in [6.45, 7) is 10.8. The SMILES string of the molecule is C=CCCCCCN1CCC(NC(=O)OC(C)(C)C)(C(=O)O)C1. The number of allylic oxidation sites excluding steroid dienone is 1. The fraction of sp³-hybridized carbons (Fsp3) is 0.765. The van der Waals surface area contributed by atoms with Gasteiger partial charge in [-0.3, -0.25) is 0 Å². The average Bonchev–Trinajstić information content (AvgIpc) is 2.81. The van der Waals surface area contributed by atoms with Crippen molar-refractivity contribution < 1.29 is 19.4 Å². The van der Waals surface area contributed by atoms with Gasteiger partial charge in [-0.05, 0) is 53.0 Å². The molecule has 2 N–H and O–H groups in total. The van der Waals surface area contributed by atoms with E-state index in [0.29, 0.717) is 19.5 Å². The molecule has 6 heteroatoms. The van der Waals surface area contributed by atoms with Gasteiger partial charge in [0.15, 0.2) is 5.54 Å². The predicted molar refractivity (Wildman–Crippen MR) is 89.5 cm³/mol. The van der Waals surface area contributed by atoms with Gasteiger partial charge < -0.3 is 20.1 Å². The normalized spacial score (nSPS) is 21.9. The first-order valence-electron chi connectivity index (χ1n) is 8.26. The molecule has 0 spiro atoms. The molecule has 23 heavy (non-hydrogen) atoms. The van der Waals surface area contributed by atoms with Gasteiger partial charge in [0.2, 0.25) is 0 Å². The Labute approximate surface area is 138 Å². The molecule has 0 radical (unpaired) electrons. The van der Waals surface area contributed by atoms with Crippen LogP contribution >= 0.6 is 0 Å². The third-order valence-corrected chi connectivity index (χ3v) is 3.88. The van der Waals surface area contributed by atoms with Crippen molar-refractivity contribution in [2.75, 3.05) is 19.6 Å². The Morgan fingerprint density at radius 1 is 1.35 bits per heavy atom. The lowest BCUT2D eigenvalue weighted by atomic mass is 9.99. The van der Waals surface area contributed by atoms with E-state index in [9.17, 15) is 14.7 Å². The number of aliphatic carboxylic acids is 1. The maximum absolute atomic E-state index is 11.9. The van der Waals surface area contributed by atoms with Crippen LogP contribution in [0.5, 0.6) is 0 Å². The van der Waals surface area contributed by atoms with Crippen LogP contribution in [0.25, 0.3) is 0 Å². The quantitative estimate of drug-likeness (QED) is 0.530. The number of alkyl carbamates (subject to hydrolysis) is 1. The molecule has 0 saturated carbocycles. The van der Waals surface area contributed by atoms with Crippen molar-refractivity contribution in [1.29, 1.82) is 0 Å². The Balaban J connectivity index is 2.51. The van der Waals surface area contributed by atoms with Gasteiger partial charge in [0.1, 0.15) is 5.60 Å². The van der Waals surface area contributed by atoms with Crippen molar-refractivity contribution in [3.05, 3.63) is 12.7 Å². The molecule has 6 nitrogen and oxygen atoms in total. The highest BCUT2D eigenvalue weighted by Gasteiger charge is 2.46. The Hall–Kier alpha value is -1.56. The van der Waals surface area contributed by atoms with Crippen LogP contribution in [0.4, 0.5) is 4.79 Å². The van der Waals surface area contributed by atoms with Crippen LogP contribution in [0, 0.1) is 0 Å². The van der Waals surface area contributed by atoms with Crippen molar-refractivity contribution in [1.82, 2.24) is 10.2 Å². The van der Waals surface area contributed by atoms with Crippen LogP contribution in [0.2, 0.25) is 0 Å². The fourth-order valence-corrected chi connectivity index (χ4v) is 2.71. The number of rotatable bonds is 8. The molecule has 1 unspecified atom stereocenters. The second kappa shape index (κ2) is 8.34. The van der Waals surface area contributed by atoms with Crippen molar-refractivity contribution >= 4 is 12.1 Å². The molecule has 1 amide bonds. The Bertz CT molecular complexity index is 431. The van der Waals surface area contributed by atoms with Crippen LogP contribution in [0.3, 0.4) is 0 Å². The zero-order valence-electron chi connectivity index (χ0n) is 14.6. The Kier molecular flexibility index (Phi) is 7.06. The number of nitrogens with zero attached hydrogens (tertiary/aromatic N) is 1. The molecule has 0 aromatic carbocycles. The van der Waals surface area contributed by atoms with E-state index in [1.54, 1.807) is 20.8 Å². The van der Waals surface area contributed by atoms with Crippen molar-refractivity contribution in [2.45, 2.75) is 64.0 Å². The van der Waals surface area contributed by atoms with Gasteiger partial charge in [-0.15, -0.1) is 6.58 Å². The maximum atomic E-state index is 11.9. The minimum Gasteiger partial charge on any atom is -0.479 e. The van der Waals surface area contributed by atoms with Gasteiger partial charge in [-0.25, -0.2) is 9.59 Å². The lowest BCUT2D eigenvalue weighted by molar-refractivity contribution is -0.144. The lowest BCUT2D eigenvalue weighted by Gasteiger charge is -2.28. The summed E-state index contributed by atoms with van der Waals surface area (Å²) in [6, 6.07) is 0. The molecule has 0 bridgehead atoms. The van der Waals surface area contributed by atoms with E-state index < -0.39 is 23.2 Å². The minimum atomic E-state index is -1.25. The molecule has 1 heterocycles. The summed E-state index contributed by atoms with van der Waals surface area (Å²) in [5.41, 5.74) is -1.89. The first-order chi connectivity index (χ1) is 10.7. The van der Waals surface area contributed by atoms with Gasteiger partial charge in [-0.2, -0.15) is 0 Å². The number of carbonyl (C=O) groups excluding carboxylic acids is 1.